The number of nitrogens with one attached hydrogen (secondary N) is 1. The Hall–Kier alpha value is -3.09. The molecule has 9 nitrogen and oxygen atoms in total. The van der Waals surface area contributed by atoms with Crippen LogP contribution in [0.1, 0.15) is 40.2 Å². The molecule has 4 rings (SSSR count). The smallest absolute Gasteiger partial charge is 0.410 e. The van der Waals surface area contributed by atoms with Crippen LogP contribution >= 0.6 is 11.6 Å². The second-order valence-electron chi connectivity index (χ2n) is 10.4. The average Bonchev–Trinajstić information content (AvgIpc) is 2.80. The average molecular weight is 514 g/mol. The fourth-order valence-electron chi connectivity index (χ4n) is 4.74. The number of halogens is 1. The molecule has 192 valence electrons. The van der Waals surface area contributed by atoms with E-state index in [2.05, 4.69) is 20.1 Å². The number of aromatic nitrogens is 2. The third-order valence-electron chi connectivity index (χ3n) is 6.61. The standard InChI is InChI=1S/C26H32ClN5O4/c1-14-23(31-21-9-8-17(28-7)10-20(21)27)29-13-30-24(14)35-22-18-11-32(25(33)36-26(4,5)6)12-19(22)16(3)34-15(18)2/h8-10,13,15-16,18-19,22H,11-12H2,1-6H3,(H,29,30,31). The molecule has 3 heterocycles. The summed E-state index contributed by atoms with van der Waals surface area (Å²) < 4.78 is 18.4. The minimum absolute atomic E-state index is 0.0474. The van der Waals surface area contributed by atoms with Crippen molar-refractivity contribution < 1.29 is 19.0 Å². The van der Waals surface area contributed by atoms with Gasteiger partial charge in [0.15, 0.2) is 5.69 Å². The normalized spacial score (nSPS) is 25.6. The van der Waals surface area contributed by atoms with Gasteiger partial charge in [-0.3, -0.25) is 0 Å². The minimum atomic E-state index is -0.562. The number of rotatable bonds is 4. The number of benzene rings is 1. The lowest BCUT2D eigenvalue weighted by Crippen LogP contribution is -2.63. The maximum absolute atomic E-state index is 12.8. The third kappa shape index (κ3) is 5.50. The van der Waals surface area contributed by atoms with Crippen molar-refractivity contribution in [3.05, 3.63) is 46.5 Å². The molecule has 1 amide bonds. The highest BCUT2D eigenvalue weighted by atomic mass is 35.5. The molecule has 4 atom stereocenters. The SMILES string of the molecule is [C-]#[N+]c1ccc(Nc2ncnc(OC3C4CN(C(=O)OC(C)(C)C)CC3C(C)OC4C)c2C)c(Cl)c1. The molecule has 0 saturated carbocycles. The number of amides is 1. The van der Waals surface area contributed by atoms with Gasteiger partial charge in [-0.05, 0) is 53.7 Å². The quantitative estimate of drug-likeness (QED) is 0.519. The highest BCUT2D eigenvalue weighted by Gasteiger charge is 2.50. The van der Waals surface area contributed by atoms with Crippen LogP contribution < -0.4 is 10.1 Å². The maximum Gasteiger partial charge on any atom is 0.410 e. The Labute approximate surface area is 216 Å². The number of nitrogens with zero attached hydrogens (tertiary/aromatic N) is 4. The lowest BCUT2D eigenvalue weighted by atomic mass is 9.77. The topological polar surface area (TPSA) is 90.2 Å². The first-order valence-electron chi connectivity index (χ1n) is 12.0. The summed E-state index contributed by atoms with van der Waals surface area (Å²) in [6.45, 7) is 19.6. The number of carbonyl (C=O) groups is 1. The van der Waals surface area contributed by atoms with Gasteiger partial charge in [-0.1, -0.05) is 17.7 Å². The zero-order chi connectivity index (χ0) is 26.2. The predicted octanol–water partition coefficient (Wildman–Crippen LogP) is 5.77. The van der Waals surface area contributed by atoms with Gasteiger partial charge in [0, 0.05) is 24.9 Å². The molecule has 1 aromatic carbocycles. The van der Waals surface area contributed by atoms with Gasteiger partial charge in [0.05, 0.1) is 35.1 Å². The largest absolute Gasteiger partial charge is 0.473 e. The summed E-state index contributed by atoms with van der Waals surface area (Å²) >= 11 is 6.34. The van der Waals surface area contributed by atoms with Crippen LogP contribution in [0.3, 0.4) is 0 Å². The summed E-state index contributed by atoms with van der Waals surface area (Å²) in [5.41, 5.74) is 1.27. The summed E-state index contributed by atoms with van der Waals surface area (Å²) in [4.78, 5) is 26.8. The number of ether oxygens (including phenoxy) is 3. The van der Waals surface area contributed by atoms with E-state index >= 15 is 0 Å². The second-order valence-corrected chi connectivity index (χ2v) is 10.8. The molecule has 10 heteroatoms. The van der Waals surface area contributed by atoms with E-state index in [-0.39, 0.29) is 36.2 Å². The van der Waals surface area contributed by atoms with Crippen LogP contribution in [0.2, 0.25) is 5.02 Å². The Morgan fingerprint density at radius 1 is 1.22 bits per heavy atom. The van der Waals surface area contributed by atoms with Gasteiger partial charge in [0.25, 0.3) is 0 Å². The number of hydrogen-bond donors (Lipinski definition) is 1. The van der Waals surface area contributed by atoms with E-state index in [0.29, 0.717) is 41.2 Å². The van der Waals surface area contributed by atoms with Crippen LogP contribution in [0.5, 0.6) is 5.88 Å². The number of carbonyl (C=O) groups excluding carboxylic acids is 1. The van der Waals surface area contributed by atoms with Crippen molar-refractivity contribution in [2.24, 2.45) is 11.8 Å². The van der Waals surface area contributed by atoms with E-state index in [4.69, 9.17) is 32.4 Å². The molecule has 2 bridgehead atoms. The lowest BCUT2D eigenvalue weighted by molar-refractivity contribution is -0.181. The molecule has 4 unspecified atom stereocenters. The van der Waals surface area contributed by atoms with Crippen molar-refractivity contribution in [1.29, 1.82) is 0 Å². The van der Waals surface area contributed by atoms with Crippen LogP contribution in [0.4, 0.5) is 22.0 Å². The van der Waals surface area contributed by atoms with Crippen LogP contribution in [0, 0.1) is 25.3 Å². The highest BCUT2D eigenvalue weighted by Crippen LogP contribution is 2.39. The molecular formula is C26H32ClN5O4. The maximum atomic E-state index is 12.8. The van der Waals surface area contributed by atoms with E-state index in [0.717, 1.165) is 5.56 Å². The Balaban J connectivity index is 1.55. The molecule has 36 heavy (non-hydrogen) atoms. The van der Waals surface area contributed by atoms with Crippen LogP contribution in [-0.2, 0) is 9.47 Å². The predicted molar refractivity (Wildman–Crippen MR) is 137 cm³/mol. The molecule has 0 spiro atoms. The van der Waals surface area contributed by atoms with Gasteiger partial charge in [-0.15, -0.1) is 0 Å². The second kappa shape index (κ2) is 10.1. The first-order valence-corrected chi connectivity index (χ1v) is 12.4. The number of hydrogen-bond acceptors (Lipinski definition) is 7. The van der Waals surface area contributed by atoms with E-state index in [1.165, 1.54) is 6.33 Å². The van der Waals surface area contributed by atoms with E-state index in [9.17, 15) is 4.79 Å². The van der Waals surface area contributed by atoms with Crippen LogP contribution in [0.15, 0.2) is 24.5 Å². The fourth-order valence-corrected chi connectivity index (χ4v) is 4.96. The molecule has 2 aliphatic rings. The van der Waals surface area contributed by atoms with Gasteiger partial charge in [-0.2, -0.15) is 0 Å². The van der Waals surface area contributed by atoms with E-state index < -0.39 is 5.60 Å². The molecule has 1 aromatic heterocycles. The first-order chi connectivity index (χ1) is 17.0. The zero-order valence-corrected chi connectivity index (χ0v) is 22.2. The molecule has 0 aliphatic carbocycles. The Morgan fingerprint density at radius 2 is 1.89 bits per heavy atom. The minimum Gasteiger partial charge on any atom is -0.473 e. The van der Waals surface area contributed by atoms with Gasteiger partial charge in [-0.25, -0.2) is 19.6 Å². The van der Waals surface area contributed by atoms with Crippen molar-refractivity contribution in [3.8, 4) is 5.88 Å². The Kier molecular flexibility index (Phi) is 7.30. The number of likely N-dealkylation sites (tertiary alicyclic amines) is 1. The molecule has 2 saturated heterocycles. The molecule has 1 N–H and O–H groups in total. The third-order valence-corrected chi connectivity index (χ3v) is 6.93. The lowest BCUT2D eigenvalue weighted by Gasteiger charge is -2.51. The van der Waals surface area contributed by atoms with Gasteiger partial charge in [0.2, 0.25) is 5.88 Å². The van der Waals surface area contributed by atoms with Crippen LogP contribution in [0.25, 0.3) is 4.85 Å². The number of anilines is 2. The summed E-state index contributed by atoms with van der Waals surface area (Å²) in [6, 6.07) is 5.04. The van der Waals surface area contributed by atoms with Crippen molar-refractivity contribution in [3.63, 3.8) is 0 Å². The molecular weight excluding hydrogens is 482 g/mol. The van der Waals surface area contributed by atoms with E-state index in [1.807, 2.05) is 41.5 Å². The van der Waals surface area contributed by atoms with Crippen LogP contribution in [-0.4, -0.2) is 58.0 Å². The van der Waals surface area contributed by atoms with Gasteiger partial charge in [0.1, 0.15) is 23.9 Å². The molecule has 2 aliphatic heterocycles. The van der Waals surface area contributed by atoms with Crippen molar-refractivity contribution in [2.75, 3.05) is 18.4 Å². The summed E-state index contributed by atoms with van der Waals surface area (Å²) in [5, 5.41) is 3.64. The van der Waals surface area contributed by atoms with E-state index in [1.54, 1.807) is 23.1 Å². The monoisotopic (exact) mass is 513 g/mol. The van der Waals surface area contributed by atoms with Gasteiger partial charge >= 0.3 is 6.09 Å². The Bertz CT molecular complexity index is 1160. The first kappa shape index (κ1) is 26.0. The molecule has 2 fully saturated rings. The van der Waals surface area contributed by atoms with Gasteiger partial charge < -0.3 is 24.4 Å². The summed E-state index contributed by atoms with van der Waals surface area (Å²) in [5.74, 6) is 0.933. The number of piperidine rings is 1. The summed E-state index contributed by atoms with van der Waals surface area (Å²) in [7, 11) is 0. The highest BCUT2D eigenvalue weighted by molar-refractivity contribution is 6.33. The van der Waals surface area contributed by atoms with Crippen molar-refractivity contribution in [2.45, 2.75) is 65.5 Å². The zero-order valence-electron chi connectivity index (χ0n) is 21.4. The van der Waals surface area contributed by atoms with Crippen molar-refractivity contribution >= 4 is 34.9 Å². The molecule has 0 radical (unpaired) electrons. The van der Waals surface area contributed by atoms with Crippen molar-refractivity contribution in [1.82, 2.24) is 14.9 Å². The fraction of sp³-hybridized carbons (Fsp3) is 0.538. The number of fused-ring (bicyclic) bond motifs is 2. The molecule has 2 aromatic rings. The summed E-state index contributed by atoms with van der Waals surface area (Å²) in [6.07, 6.45) is 0.728. The Morgan fingerprint density at radius 3 is 2.47 bits per heavy atom.